The topological polar surface area (TPSA) is 54.0 Å². The molecule has 0 bridgehead atoms. The maximum atomic E-state index is 14.8. The van der Waals surface area contributed by atoms with Gasteiger partial charge in [0.1, 0.15) is 11.6 Å². The summed E-state index contributed by atoms with van der Waals surface area (Å²) < 4.78 is 49.6. The summed E-state index contributed by atoms with van der Waals surface area (Å²) in [6, 6.07) is 5.51. The van der Waals surface area contributed by atoms with Crippen LogP contribution >= 0.6 is 0 Å². The molecule has 30 heavy (non-hydrogen) atoms. The normalized spacial score (nSPS) is 14.0. The van der Waals surface area contributed by atoms with Crippen molar-refractivity contribution in [1.29, 1.82) is 0 Å². The molecule has 1 aliphatic carbocycles. The van der Waals surface area contributed by atoms with Gasteiger partial charge in [-0.25, -0.2) is 8.78 Å². The molecule has 0 atom stereocenters. The monoisotopic (exact) mass is 416 g/mol. The van der Waals surface area contributed by atoms with Gasteiger partial charge in [0.05, 0.1) is 34.9 Å². The fourth-order valence-electron chi connectivity index (χ4n) is 3.61. The van der Waals surface area contributed by atoms with Crippen molar-refractivity contribution in [2.24, 2.45) is 0 Å². The number of carbonyl (C=O) groups is 1. The molecule has 0 radical (unpaired) electrons. The molecule has 0 spiro atoms. The Balaban J connectivity index is 2.23. The van der Waals surface area contributed by atoms with Crippen molar-refractivity contribution in [2.75, 3.05) is 28.4 Å². The van der Waals surface area contributed by atoms with E-state index in [4.69, 9.17) is 18.9 Å². The van der Waals surface area contributed by atoms with E-state index in [1.807, 2.05) is 0 Å². The third kappa shape index (κ3) is 3.75. The summed E-state index contributed by atoms with van der Waals surface area (Å²) >= 11 is 0. The quantitative estimate of drug-likeness (QED) is 0.628. The highest BCUT2D eigenvalue weighted by atomic mass is 19.1. The van der Waals surface area contributed by atoms with E-state index in [0.717, 1.165) is 6.07 Å². The lowest BCUT2D eigenvalue weighted by molar-refractivity contribution is -0.139. The third-order valence-electron chi connectivity index (χ3n) is 5.05. The molecule has 0 saturated carbocycles. The first-order chi connectivity index (χ1) is 14.3. The van der Waals surface area contributed by atoms with Gasteiger partial charge in [-0.3, -0.25) is 4.79 Å². The number of rotatable bonds is 6. The summed E-state index contributed by atoms with van der Waals surface area (Å²) in [4.78, 5) is 11.9. The minimum absolute atomic E-state index is 0.0924. The summed E-state index contributed by atoms with van der Waals surface area (Å²) in [5.41, 5.74) is 2.96. The average Bonchev–Trinajstić information content (AvgIpc) is 2.98. The van der Waals surface area contributed by atoms with Crippen LogP contribution in [0, 0.1) is 11.6 Å². The lowest BCUT2D eigenvalue weighted by Crippen LogP contribution is -2.02. The number of ether oxygens (including phenoxy) is 4. The Labute approximate surface area is 173 Å². The van der Waals surface area contributed by atoms with Gasteiger partial charge in [-0.2, -0.15) is 0 Å². The van der Waals surface area contributed by atoms with Crippen LogP contribution in [0.5, 0.6) is 17.2 Å². The Morgan fingerprint density at radius 2 is 1.60 bits per heavy atom. The molecule has 0 amide bonds. The molecule has 5 nitrogen and oxygen atoms in total. The van der Waals surface area contributed by atoms with Gasteiger partial charge in [0.25, 0.3) is 0 Å². The van der Waals surface area contributed by atoms with E-state index in [-0.39, 0.29) is 12.0 Å². The Bertz CT molecular complexity index is 1040. The predicted molar refractivity (Wildman–Crippen MR) is 110 cm³/mol. The lowest BCUT2D eigenvalue weighted by Gasteiger charge is -2.13. The van der Waals surface area contributed by atoms with Gasteiger partial charge in [0.2, 0.25) is 5.75 Å². The fourth-order valence-corrected chi connectivity index (χ4v) is 3.61. The maximum Gasteiger partial charge on any atom is 0.310 e. The Morgan fingerprint density at radius 3 is 2.13 bits per heavy atom. The van der Waals surface area contributed by atoms with Crippen molar-refractivity contribution >= 4 is 23.2 Å². The summed E-state index contributed by atoms with van der Waals surface area (Å²) in [6.07, 6.45) is 1.65. The molecule has 2 aromatic rings. The molecular formula is C23H22F2O5. The highest BCUT2D eigenvalue weighted by molar-refractivity contribution is 6.08. The van der Waals surface area contributed by atoms with E-state index in [1.165, 1.54) is 34.5 Å². The molecule has 3 rings (SSSR count). The van der Waals surface area contributed by atoms with Crippen LogP contribution in [0.15, 0.2) is 29.8 Å². The third-order valence-corrected chi connectivity index (χ3v) is 5.05. The SMILES string of the molecule is COC(=O)CC1=C(C)/C(=C\c2cc(OC)c(OC)c(OC)c2)c2c(F)cc(F)cc21. The van der Waals surface area contributed by atoms with Crippen LogP contribution in [0.25, 0.3) is 17.2 Å². The van der Waals surface area contributed by atoms with Gasteiger partial charge in [-0.15, -0.1) is 0 Å². The zero-order valence-corrected chi connectivity index (χ0v) is 17.4. The Hall–Kier alpha value is -3.35. The zero-order valence-electron chi connectivity index (χ0n) is 17.4. The van der Waals surface area contributed by atoms with Crippen molar-refractivity contribution in [3.8, 4) is 17.2 Å². The number of halogens is 2. The molecule has 0 heterocycles. The van der Waals surface area contributed by atoms with Crippen LogP contribution in [0.3, 0.4) is 0 Å². The van der Waals surface area contributed by atoms with Crippen LogP contribution in [0.2, 0.25) is 0 Å². The van der Waals surface area contributed by atoms with E-state index in [0.29, 0.717) is 45.1 Å². The standard InChI is InChI=1S/C23H22F2O5/c1-12-15(11-21(26)29-4)17-9-14(24)10-18(25)22(17)16(12)6-13-7-19(27-2)23(30-5)20(8-13)28-3/h6-10H,11H2,1-5H3/b16-6+. The number of hydrogen-bond donors (Lipinski definition) is 0. The minimum Gasteiger partial charge on any atom is -0.493 e. The van der Waals surface area contributed by atoms with Crippen LogP contribution in [-0.4, -0.2) is 34.4 Å². The maximum absolute atomic E-state index is 14.8. The average molecular weight is 416 g/mol. The van der Waals surface area contributed by atoms with Crippen LogP contribution in [-0.2, 0) is 9.53 Å². The fraction of sp³-hybridized carbons (Fsp3) is 0.261. The molecule has 0 unspecified atom stereocenters. The van der Waals surface area contributed by atoms with Crippen molar-refractivity contribution in [2.45, 2.75) is 13.3 Å². The Morgan fingerprint density at radius 1 is 0.967 bits per heavy atom. The molecule has 0 aromatic heterocycles. The minimum atomic E-state index is -0.713. The van der Waals surface area contributed by atoms with E-state index in [1.54, 1.807) is 25.1 Å². The molecule has 0 saturated heterocycles. The zero-order chi connectivity index (χ0) is 22.0. The summed E-state index contributed by atoms with van der Waals surface area (Å²) in [6.45, 7) is 1.76. The van der Waals surface area contributed by atoms with Crippen molar-refractivity contribution < 1.29 is 32.5 Å². The summed E-state index contributed by atoms with van der Waals surface area (Å²) in [5, 5.41) is 0. The summed E-state index contributed by atoms with van der Waals surface area (Å²) in [7, 11) is 5.77. The van der Waals surface area contributed by atoms with Gasteiger partial charge in [-0.05, 0) is 59.0 Å². The number of carbonyl (C=O) groups excluding carboxylic acids is 1. The van der Waals surface area contributed by atoms with Gasteiger partial charge in [0.15, 0.2) is 11.5 Å². The van der Waals surface area contributed by atoms with Crippen LogP contribution in [0.4, 0.5) is 8.78 Å². The van der Waals surface area contributed by atoms with Gasteiger partial charge in [0, 0.05) is 11.6 Å². The first-order valence-corrected chi connectivity index (χ1v) is 9.13. The molecule has 0 N–H and O–H groups in total. The van der Waals surface area contributed by atoms with Gasteiger partial charge < -0.3 is 18.9 Å². The smallest absolute Gasteiger partial charge is 0.310 e. The lowest BCUT2D eigenvalue weighted by atomic mass is 9.99. The Kier molecular flexibility index (Phi) is 6.10. The number of methoxy groups -OCH3 is 4. The second-order valence-corrected chi connectivity index (χ2v) is 6.68. The van der Waals surface area contributed by atoms with Crippen LogP contribution < -0.4 is 14.2 Å². The number of esters is 1. The predicted octanol–water partition coefficient (Wildman–Crippen LogP) is 4.88. The van der Waals surface area contributed by atoms with E-state index >= 15 is 0 Å². The highest BCUT2D eigenvalue weighted by Crippen LogP contribution is 2.46. The number of benzene rings is 2. The van der Waals surface area contributed by atoms with Gasteiger partial charge >= 0.3 is 5.97 Å². The molecule has 1 aliphatic rings. The highest BCUT2D eigenvalue weighted by Gasteiger charge is 2.29. The number of fused-ring (bicyclic) bond motifs is 1. The van der Waals surface area contributed by atoms with Crippen molar-refractivity contribution in [1.82, 2.24) is 0 Å². The molecule has 2 aromatic carbocycles. The first-order valence-electron chi connectivity index (χ1n) is 9.13. The molecule has 0 fully saturated rings. The van der Waals surface area contributed by atoms with E-state index in [2.05, 4.69) is 0 Å². The second-order valence-electron chi connectivity index (χ2n) is 6.68. The van der Waals surface area contributed by atoms with Crippen LogP contribution in [0.1, 0.15) is 30.0 Å². The second kappa shape index (κ2) is 8.57. The molecule has 7 heteroatoms. The molecular weight excluding hydrogens is 394 g/mol. The van der Waals surface area contributed by atoms with E-state index in [9.17, 15) is 13.6 Å². The van der Waals surface area contributed by atoms with Crippen molar-refractivity contribution in [3.63, 3.8) is 0 Å². The van der Waals surface area contributed by atoms with Gasteiger partial charge in [-0.1, -0.05) is 0 Å². The van der Waals surface area contributed by atoms with Crippen molar-refractivity contribution in [3.05, 3.63) is 58.2 Å². The first kappa shape index (κ1) is 21.4. The van der Waals surface area contributed by atoms with E-state index < -0.39 is 17.6 Å². The molecule has 158 valence electrons. The number of allylic oxidation sites excluding steroid dienone is 2. The molecule has 0 aliphatic heterocycles. The number of hydrogen-bond acceptors (Lipinski definition) is 5. The summed E-state index contributed by atoms with van der Waals surface area (Å²) in [5.74, 6) is -0.593. The largest absolute Gasteiger partial charge is 0.493 e.